The van der Waals surface area contributed by atoms with Crippen molar-refractivity contribution in [2.45, 2.75) is 19.5 Å². The van der Waals surface area contributed by atoms with Crippen molar-refractivity contribution in [3.05, 3.63) is 75.7 Å². The van der Waals surface area contributed by atoms with Crippen LogP contribution in [-0.4, -0.2) is 31.5 Å². The van der Waals surface area contributed by atoms with Crippen LogP contribution in [0.5, 0.6) is 5.75 Å². The zero-order valence-electron chi connectivity index (χ0n) is 13.9. The van der Waals surface area contributed by atoms with Gasteiger partial charge in [0, 0.05) is 49.6 Å². The molecule has 0 amide bonds. The molecule has 132 valence electrons. The monoisotopic (exact) mass is 352 g/mol. The van der Waals surface area contributed by atoms with Crippen molar-refractivity contribution in [1.29, 1.82) is 0 Å². The van der Waals surface area contributed by atoms with E-state index in [1.54, 1.807) is 36.7 Å². The lowest BCUT2D eigenvalue weighted by molar-refractivity contribution is 0.238. The molecule has 0 bridgehead atoms. The molecule has 0 fully saturated rings. The number of nitrogens with one attached hydrogen (secondary N) is 1. The van der Waals surface area contributed by atoms with E-state index in [-0.39, 0.29) is 11.3 Å². The van der Waals surface area contributed by atoms with E-state index < -0.39 is 5.82 Å². The number of benzene rings is 1. The molecule has 0 radical (unpaired) electrons. The maximum atomic E-state index is 13.5. The van der Waals surface area contributed by atoms with Gasteiger partial charge in [0.15, 0.2) is 11.6 Å². The Labute approximate surface area is 149 Å². The predicted molar refractivity (Wildman–Crippen MR) is 94.0 cm³/mol. The summed E-state index contributed by atoms with van der Waals surface area (Å²) >= 11 is 0. The molecule has 6 nitrogen and oxygen atoms in total. The zero-order chi connectivity index (χ0) is 18.1. The van der Waals surface area contributed by atoms with E-state index in [2.05, 4.69) is 15.0 Å². The Kier molecular flexibility index (Phi) is 4.22. The van der Waals surface area contributed by atoms with Gasteiger partial charge in [-0.15, -0.1) is 0 Å². The van der Waals surface area contributed by atoms with Crippen LogP contribution < -0.4 is 5.56 Å². The summed E-state index contributed by atoms with van der Waals surface area (Å²) in [7, 11) is 0. The molecular weight excluding hydrogens is 335 g/mol. The minimum atomic E-state index is -0.638. The fraction of sp³-hybridized carbons (Fsp3) is 0.211. The van der Waals surface area contributed by atoms with Crippen LogP contribution in [-0.2, 0) is 19.5 Å². The largest absolute Gasteiger partial charge is 0.505 e. The van der Waals surface area contributed by atoms with Gasteiger partial charge in [-0.05, 0) is 18.2 Å². The van der Waals surface area contributed by atoms with Gasteiger partial charge >= 0.3 is 0 Å². The number of para-hydroxylation sites is 1. The van der Waals surface area contributed by atoms with Crippen LogP contribution in [0.1, 0.15) is 16.8 Å². The Hall–Kier alpha value is -3.06. The van der Waals surface area contributed by atoms with Crippen molar-refractivity contribution in [3.63, 3.8) is 0 Å². The average molecular weight is 352 g/mol. The van der Waals surface area contributed by atoms with Crippen LogP contribution in [0.2, 0.25) is 0 Å². The summed E-state index contributed by atoms with van der Waals surface area (Å²) in [5.74, 6) is -0.438. The molecule has 1 aliphatic rings. The molecule has 0 saturated carbocycles. The van der Waals surface area contributed by atoms with E-state index in [4.69, 9.17) is 0 Å². The molecule has 0 unspecified atom stereocenters. The van der Waals surface area contributed by atoms with Crippen molar-refractivity contribution in [3.8, 4) is 17.1 Å². The van der Waals surface area contributed by atoms with Gasteiger partial charge < -0.3 is 10.1 Å². The van der Waals surface area contributed by atoms with Gasteiger partial charge in [-0.2, -0.15) is 0 Å². The number of hydrogen-bond donors (Lipinski definition) is 2. The summed E-state index contributed by atoms with van der Waals surface area (Å²) < 4.78 is 13.5. The Morgan fingerprint density at radius 3 is 2.85 bits per heavy atom. The van der Waals surface area contributed by atoms with Crippen LogP contribution >= 0.6 is 0 Å². The number of halogens is 1. The van der Waals surface area contributed by atoms with Crippen LogP contribution in [0.3, 0.4) is 0 Å². The van der Waals surface area contributed by atoms with Gasteiger partial charge in [-0.1, -0.05) is 12.1 Å². The number of aromatic hydroxyl groups is 1. The van der Waals surface area contributed by atoms with Crippen LogP contribution in [0, 0.1) is 5.82 Å². The molecule has 1 aliphatic heterocycles. The highest BCUT2D eigenvalue weighted by molar-refractivity contribution is 5.54. The molecule has 7 heteroatoms. The first kappa shape index (κ1) is 16.4. The SMILES string of the molecule is O=c1[nH]c(-c2ccncc2)nc2c1CN(Cc1cccc(F)c1O)CC2. The molecule has 26 heavy (non-hydrogen) atoms. The Morgan fingerprint density at radius 2 is 2.04 bits per heavy atom. The first-order valence-corrected chi connectivity index (χ1v) is 8.33. The first-order valence-electron chi connectivity index (χ1n) is 8.33. The maximum absolute atomic E-state index is 13.5. The number of nitrogens with zero attached hydrogens (tertiary/aromatic N) is 3. The molecule has 1 aromatic carbocycles. The molecule has 4 rings (SSSR count). The van der Waals surface area contributed by atoms with Gasteiger partial charge in [0.1, 0.15) is 5.82 Å². The quantitative estimate of drug-likeness (QED) is 0.755. The average Bonchev–Trinajstić information content (AvgIpc) is 2.66. The topological polar surface area (TPSA) is 82.1 Å². The Morgan fingerprint density at radius 1 is 1.23 bits per heavy atom. The van der Waals surface area contributed by atoms with Gasteiger partial charge in [0.05, 0.1) is 11.3 Å². The van der Waals surface area contributed by atoms with E-state index in [0.29, 0.717) is 43.0 Å². The summed E-state index contributed by atoms with van der Waals surface area (Å²) in [6.07, 6.45) is 3.93. The van der Waals surface area contributed by atoms with E-state index in [0.717, 1.165) is 11.3 Å². The van der Waals surface area contributed by atoms with Crippen LogP contribution in [0.4, 0.5) is 4.39 Å². The number of fused-ring (bicyclic) bond motifs is 1. The number of pyridine rings is 1. The van der Waals surface area contributed by atoms with Crippen molar-refractivity contribution in [1.82, 2.24) is 19.9 Å². The zero-order valence-corrected chi connectivity index (χ0v) is 13.9. The smallest absolute Gasteiger partial charge is 0.255 e. The summed E-state index contributed by atoms with van der Waals surface area (Å²) in [6.45, 7) is 1.45. The van der Waals surface area contributed by atoms with E-state index in [1.807, 2.05) is 4.90 Å². The highest BCUT2D eigenvalue weighted by Gasteiger charge is 2.22. The lowest BCUT2D eigenvalue weighted by Gasteiger charge is -2.28. The van der Waals surface area contributed by atoms with Gasteiger partial charge in [-0.25, -0.2) is 9.37 Å². The second-order valence-corrected chi connectivity index (χ2v) is 6.28. The standard InChI is InChI=1S/C19H17FN4O2/c20-15-3-1-2-13(17(15)25)10-24-9-6-16-14(11-24)19(26)23-18(22-16)12-4-7-21-8-5-12/h1-5,7-8,25H,6,9-11H2,(H,22,23,26). The van der Waals surface area contributed by atoms with Crippen molar-refractivity contribution < 1.29 is 9.50 Å². The molecule has 2 N–H and O–H groups in total. The fourth-order valence-corrected chi connectivity index (χ4v) is 3.19. The minimum Gasteiger partial charge on any atom is -0.505 e. The number of rotatable bonds is 3. The predicted octanol–water partition coefficient (Wildman–Crippen LogP) is 2.23. The van der Waals surface area contributed by atoms with E-state index in [1.165, 1.54) is 6.07 Å². The maximum Gasteiger partial charge on any atom is 0.255 e. The molecule has 0 spiro atoms. The van der Waals surface area contributed by atoms with E-state index >= 15 is 0 Å². The van der Waals surface area contributed by atoms with Gasteiger partial charge in [-0.3, -0.25) is 14.7 Å². The number of aromatic nitrogens is 3. The molecule has 0 saturated heterocycles. The molecule has 3 aromatic rings. The molecule has 2 aromatic heterocycles. The fourth-order valence-electron chi connectivity index (χ4n) is 3.19. The third-order valence-corrected chi connectivity index (χ3v) is 4.57. The van der Waals surface area contributed by atoms with Gasteiger partial charge in [0.25, 0.3) is 5.56 Å². The van der Waals surface area contributed by atoms with Crippen molar-refractivity contribution in [2.75, 3.05) is 6.54 Å². The van der Waals surface area contributed by atoms with Crippen LogP contribution in [0.25, 0.3) is 11.4 Å². The first-order chi connectivity index (χ1) is 12.6. The highest BCUT2D eigenvalue weighted by atomic mass is 19.1. The van der Waals surface area contributed by atoms with Crippen molar-refractivity contribution >= 4 is 0 Å². The second-order valence-electron chi connectivity index (χ2n) is 6.28. The summed E-state index contributed by atoms with van der Waals surface area (Å²) in [5, 5.41) is 9.85. The number of phenols is 1. The van der Waals surface area contributed by atoms with E-state index in [9.17, 15) is 14.3 Å². The molecular formula is C19H17FN4O2. The highest BCUT2D eigenvalue weighted by Crippen LogP contribution is 2.25. The molecule has 0 atom stereocenters. The number of aromatic amines is 1. The third kappa shape index (κ3) is 3.09. The minimum absolute atomic E-state index is 0.171. The van der Waals surface area contributed by atoms with Crippen LogP contribution in [0.15, 0.2) is 47.5 Å². The Bertz CT molecular complexity index is 1000. The summed E-state index contributed by atoms with van der Waals surface area (Å²) in [4.78, 5) is 25.9. The van der Waals surface area contributed by atoms with Crippen molar-refractivity contribution in [2.24, 2.45) is 0 Å². The van der Waals surface area contributed by atoms with Gasteiger partial charge in [0.2, 0.25) is 0 Å². The lowest BCUT2D eigenvalue weighted by atomic mass is 10.1. The molecule has 3 heterocycles. The number of phenolic OH excluding ortho intramolecular Hbond substituents is 1. The Balaban J connectivity index is 1.60. The molecule has 0 aliphatic carbocycles. The second kappa shape index (κ2) is 6.68. The third-order valence-electron chi connectivity index (χ3n) is 4.57. The number of hydrogen-bond acceptors (Lipinski definition) is 5. The summed E-state index contributed by atoms with van der Waals surface area (Å²) in [5.41, 5.74) is 2.54. The number of H-pyrrole nitrogens is 1. The summed E-state index contributed by atoms with van der Waals surface area (Å²) in [6, 6.07) is 8.07. The lowest BCUT2D eigenvalue weighted by Crippen LogP contribution is -2.35. The normalized spacial score (nSPS) is 14.2.